The van der Waals surface area contributed by atoms with Gasteiger partial charge in [0, 0.05) is 10.0 Å². The van der Waals surface area contributed by atoms with Crippen molar-refractivity contribution in [3.8, 4) is 5.75 Å². The molecule has 0 aliphatic heterocycles. The first-order valence-electron chi connectivity index (χ1n) is 9.91. The highest BCUT2D eigenvalue weighted by atomic mass is 79.9. The van der Waals surface area contributed by atoms with Gasteiger partial charge in [0.1, 0.15) is 10.4 Å². The van der Waals surface area contributed by atoms with Crippen molar-refractivity contribution in [2.24, 2.45) is 5.10 Å². The number of fused-ring (bicyclic) bond motifs is 1. The summed E-state index contributed by atoms with van der Waals surface area (Å²) in [4.78, 5) is 16.5. The number of benzene rings is 3. The van der Waals surface area contributed by atoms with Crippen molar-refractivity contribution < 1.29 is 21.8 Å². The zero-order chi connectivity index (χ0) is 24.1. The Morgan fingerprint density at radius 2 is 1.94 bits per heavy atom. The summed E-state index contributed by atoms with van der Waals surface area (Å²) in [6.07, 6.45) is 1.31. The largest absolute Gasteiger partial charge is 0.431 e. The average Bonchev–Trinajstić information content (AvgIpc) is 3.23. The molecule has 0 radical (unpaired) electrons. The molecule has 0 aliphatic rings. The average molecular weight is 560 g/mol. The second-order valence-corrected chi connectivity index (χ2v) is 10.5. The number of hydrogen-bond donors (Lipinski definition) is 1. The van der Waals surface area contributed by atoms with Crippen molar-refractivity contribution in [2.75, 3.05) is 5.75 Å². The number of carbonyl (C=O) groups excluding carboxylic acids is 1. The van der Waals surface area contributed by atoms with Crippen LogP contribution in [0.5, 0.6) is 5.75 Å². The molecule has 0 unspecified atom stereocenters. The fourth-order valence-electron chi connectivity index (χ4n) is 2.81. The summed E-state index contributed by atoms with van der Waals surface area (Å²) in [6.45, 7) is 1.86. The molecule has 1 N–H and O–H groups in total. The predicted molar refractivity (Wildman–Crippen MR) is 134 cm³/mol. The molecule has 0 saturated carbocycles. The molecule has 1 heterocycles. The van der Waals surface area contributed by atoms with Crippen molar-refractivity contribution >= 4 is 61.0 Å². The van der Waals surface area contributed by atoms with Gasteiger partial charge in [-0.2, -0.15) is 13.5 Å². The van der Waals surface area contributed by atoms with Crippen LogP contribution in [0.4, 0.5) is 0 Å². The van der Waals surface area contributed by atoms with Crippen LogP contribution in [0, 0.1) is 6.92 Å². The molecule has 3 aromatic carbocycles. The number of hydrogen-bond acceptors (Lipinski definition) is 8. The van der Waals surface area contributed by atoms with E-state index in [9.17, 15) is 13.2 Å². The molecule has 8 nitrogen and oxygen atoms in total. The van der Waals surface area contributed by atoms with E-state index in [0.29, 0.717) is 26.4 Å². The minimum atomic E-state index is -4.04. The number of para-hydroxylation sites is 2. The number of rotatable bonds is 8. The fourth-order valence-corrected chi connectivity index (χ4v) is 4.78. The summed E-state index contributed by atoms with van der Waals surface area (Å²) in [5, 5.41) is 4.31. The highest BCUT2D eigenvalue weighted by Crippen LogP contribution is 2.26. The molecule has 0 spiro atoms. The third-order valence-corrected chi connectivity index (χ3v) is 7.04. The van der Waals surface area contributed by atoms with Crippen molar-refractivity contribution in [2.45, 2.75) is 17.0 Å². The number of hydrazone groups is 1. The molecule has 0 fully saturated rings. The van der Waals surface area contributed by atoms with Gasteiger partial charge >= 0.3 is 10.1 Å². The predicted octanol–water partition coefficient (Wildman–Crippen LogP) is 4.91. The van der Waals surface area contributed by atoms with Gasteiger partial charge in [-0.25, -0.2) is 10.4 Å². The lowest BCUT2D eigenvalue weighted by molar-refractivity contribution is -0.118. The molecule has 11 heteroatoms. The Hall–Kier alpha value is -3.15. The third kappa shape index (κ3) is 6.04. The van der Waals surface area contributed by atoms with Crippen LogP contribution in [0.1, 0.15) is 11.1 Å². The van der Waals surface area contributed by atoms with Gasteiger partial charge in [-0.05, 0) is 49.4 Å². The Bertz CT molecular complexity index is 1430. The fraction of sp³-hybridized carbons (Fsp3) is 0.0870. The monoisotopic (exact) mass is 559 g/mol. The third-order valence-electron chi connectivity index (χ3n) is 4.47. The van der Waals surface area contributed by atoms with E-state index in [1.165, 1.54) is 24.4 Å². The Balaban J connectivity index is 1.40. The summed E-state index contributed by atoms with van der Waals surface area (Å²) < 4.78 is 36.9. The Labute approximate surface area is 208 Å². The van der Waals surface area contributed by atoms with Gasteiger partial charge in [-0.15, -0.1) is 0 Å². The molecule has 0 bridgehead atoms. The number of halogens is 1. The molecular weight excluding hydrogens is 542 g/mol. The molecule has 1 aromatic heterocycles. The molecule has 0 saturated heterocycles. The number of oxazole rings is 1. The molecule has 0 aliphatic carbocycles. The van der Waals surface area contributed by atoms with Crippen LogP contribution in [-0.4, -0.2) is 31.3 Å². The summed E-state index contributed by atoms with van der Waals surface area (Å²) in [5.41, 5.74) is 5.05. The van der Waals surface area contributed by atoms with Crippen LogP contribution in [0.3, 0.4) is 0 Å². The SMILES string of the molecule is Cc1ccc(S(=O)(=O)Oc2ccc(Br)cc2/C=N\NC(=O)CSc2nc3ccccc3o2)cc1. The van der Waals surface area contributed by atoms with Gasteiger partial charge in [0.2, 0.25) is 0 Å². The lowest BCUT2D eigenvalue weighted by Crippen LogP contribution is -2.19. The Kier molecular flexibility index (Phi) is 7.35. The van der Waals surface area contributed by atoms with Gasteiger partial charge in [0.25, 0.3) is 11.1 Å². The number of amides is 1. The van der Waals surface area contributed by atoms with Crippen LogP contribution in [0.2, 0.25) is 0 Å². The number of carbonyl (C=O) groups is 1. The van der Waals surface area contributed by atoms with E-state index < -0.39 is 10.1 Å². The summed E-state index contributed by atoms with van der Waals surface area (Å²) in [5.74, 6) is -0.274. The van der Waals surface area contributed by atoms with E-state index in [4.69, 9.17) is 8.60 Å². The van der Waals surface area contributed by atoms with Crippen molar-refractivity contribution in [3.05, 3.63) is 82.3 Å². The lowest BCUT2D eigenvalue weighted by atomic mass is 10.2. The van der Waals surface area contributed by atoms with Crippen molar-refractivity contribution in [3.63, 3.8) is 0 Å². The number of aryl methyl sites for hydroxylation is 1. The molecular formula is C23H18BrN3O5S2. The quantitative estimate of drug-likeness (QED) is 0.141. The van der Waals surface area contributed by atoms with Crippen LogP contribution in [-0.2, 0) is 14.9 Å². The first-order valence-corrected chi connectivity index (χ1v) is 13.1. The van der Waals surface area contributed by atoms with Gasteiger partial charge in [0.05, 0.1) is 12.0 Å². The Morgan fingerprint density at radius 1 is 1.18 bits per heavy atom. The smallest absolute Gasteiger partial charge is 0.339 e. The van der Waals surface area contributed by atoms with Crippen molar-refractivity contribution in [1.82, 2.24) is 10.4 Å². The molecule has 4 rings (SSSR count). The maximum absolute atomic E-state index is 12.7. The Morgan fingerprint density at radius 3 is 2.71 bits per heavy atom. The summed E-state index contributed by atoms with van der Waals surface area (Å²) >= 11 is 4.48. The zero-order valence-corrected chi connectivity index (χ0v) is 21.0. The first-order chi connectivity index (χ1) is 16.3. The van der Waals surface area contributed by atoms with Crippen LogP contribution in [0.15, 0.2) is 90.8 Å². The van der Waals surface area contributed by atoms with E-state index in [-0.39, 0.29) is 22.3 Å². The van der Waals surface area contributed by atoms with Crippen molar-refractivity contribution in [1.29, 1.82) is 0 Å². The van der Waals surface area contributed by atoms with E-state index in [1.54, 1.807) is 30.3 Å². The lowest BCUT2D eigenvalue weighted by Gasteiger charge is -2.10. The standard InChI is InChI=1S/C23H18BrN3O5S2/c1-15-6-9-18(10-7-15)34(29,30)32-20-11-8-17(24)12-16(20)13-25-27-22(28)14-33-23-26-19-4-2-3-5-21(19)31-23/h2-13H,14H2,1H3,(H,27,28)/b25-13-. The van der Waals surface area contributed by atoms with E-state index in [1.807, 2.05) is 25.1 Å². The molecule has 34 heavy (non-hydrogen) atoms. The normalized spacial score (nSPS) is 11.7. The first kappa shape index (κ1) is 24.0. The molecule has 1 amide bonds. The minimum absolute atomic E-state index is 0.0355. The van der Waals surface area contributed by atoms with Crippen LogP contribution < -0.4 is 9.61 Å². The summed E-state index contributed by atoms with van der Waals surface area (Å²) in [7, 11) is -4.04. The van der Waals surface area contributed by atoms with Crippen LogP contribution in [0.25, 0.3) is 11.1 Å². The maximum Gasteiger partial charge on any atom is 0.339 e. The molecule has 4 aromatic rings. The minimum Gasteiger partial charge on any atom is -0.431 e. The zero-order valence-electron chi connectivity index (χ0n) is 17.8. The number of aromatic nitrogens is 1. The molecule has 0 atom stereocenters. The second kappa shape index (κ2) is 10.4. The van der Waals surface area contributed by atoms with Gasteiger partial charge < -0.3 is 8.60 Å². The molecule has 174 valence electrons. The number of nitrogens with zero attached hydrogens (tertiary/aromatic N) is 2. The highest BCUT2D eigenvalue weighted by Gasteiger charge is 2.18. The maximum atomic E-state index is 12.7. The summed E-state index contributed by atoms with van der Waals surface area (Å²) in [6, 6.07) is 18.4. The van der Waals surface area contributed by atoms with E-state index >= 15 is 0 Å². The van der Waals surface area contributed by atoms with E-state index in [2.05, 4.69) is 31.4 Å². The second-order valence-electron chi connectivity index (χ2n) is 7.06. The highest BCUT2D eigenvalue weighted by molar-refractivity contribution is 9.10. The topological polar surface area (TPSA) is 111 Å². The number of nitrogens with one attached hydrogen (secondary N) is 1. The van der Waals surface area contributed by atoms with Gasteiger partial charge in [-0.1, -0.05) is 57.5 Å². The van der Waals surface area contributed by atoms with Gasteiger partial charge in [-0.3, -0.25) is 4.79 Å². The van der Waals surface area contributed by atoms with Crippen LogP contribution >= 0.6 is 27.7 Å². The van der Waals surface area contributed by atoms with Gasteiger partial charge in [0.15, 0.2) is 11.3 Å². The van der Waals surface area contributed by atoms with E-state index in [0.717, 1.165) is 17.3 Å². The number of thioether (sulfide) groups is 1.